The van der Waals surface area contributed by atoms with Crippen LogP contribution in [0.5, 0.6) is 0 Å². The van der Waals surface area contributed by atoms with Gasteiger partial charge in [-0.1, -0.05) is 12.2 Å². The summed E-state index contributed by atoms with van der Waals surface area (Å²) in [6.07, 6.45) is 3.78. The van der Waals surface area contributed by atoms with Crippen LogP contribution in [0.15, 0.2) is 12.2 Å². The van der Waals surface area contributed by atoms with E-state index in [-0.39, 0.29) is 6.03 Å². The minimum atomic E-state index is 0.106. The number of hydrogen-bond donors (Lipinski definition) is 0. The van der Waals surface area contributed by atoms with Crippen LogP contribution in [0.3, 0.4) is 0 Å². The molecule has 0 aromatic rings. The first-order valence-electron chi connectivity index (χ1n) is 3.96. The second kappa shape index (κ2) is 4.36. The van der Waals surface area contributed by atoms with Gasteiger partial charge in [0.1, 0.15) is 0 Å². The third-order valence-electron chi connectivity index (χ3n) is 1.88. The Labute approximate surface area is 77.6 Å². The van der Waals surface area contributed by atoms with Crippen LogP contribution in [0, 0.1) is 0 Å². The number of nitrogens with zero attached hydrogens (tertiary/aromatic N) is 2. The van der Waals surface area contributed by atoms with E-state index in [1.807, 2.05) is 19.2 Å². The van der Waals surface area contributed by atoms with Gasteiger partial charge in [-0.15, -0.1) is 11.6 Å². The van der Waals surface area contributed by atoms with Gasteiger partial charge in [0.05, 0.1) is 0 Å². The summed E-state index contributed by atoms with van der Waals surface area (Å²) in [4.78, 5) is 14.8. The molecule has 0 N–H and O–H groups in total. The van der Waals surface area contributed by atoms with Crippen LogP contribution in [0.4, 0.5) is 4.79 Å². The molecule has 0 spiro atoms. The van der Waals surface area contributed by atoms with Crippen molar-refractivity contribution in [1.29, 1.82) is 0 Å². The molecule has 0 aliphatic carbocycles. The SMILES string of the molecule is CN1CCN(C/C=C\CCl)C1=O. The van der Waals surface area contributed by atoms with Gasteiger partial charge < -0.3 is 9.80 Å². The molecule has 2 amide bonds. The number of likely N-dealkylation sites (N-methyl/N-ethyl adjacent to an activating group) is 1. The van der Waals surface area contributed by atoms with Gasteiger partial charge in [0.15, 0.2) is 0 Å². The Morgan fingerprint density at radius 2 is 2.25 bits per heavy atom. The lowest BCUT2D eigenvalue weighted by Crippen LogP contribution is -2.29. The van der Waals surface area contributed by atoms with Crippen molar-refractivity contribution in [2.45, 2.75) is 0 Å². The molecule has 12 heavy (non-hydrogen) atoms. The van der Waals surface area contributed by atoms with E-state index >= 15 is 0 Å². The number of alkyl halides is 1. The zero-order valence-electron chi connectivity index (χ0n) is 7.16. The fourth-order valence-electron chi connectivity index (χ4n) is 1.14. The first-order chi connectivity index (χ1) is 5.75. The Morgan fingerprint density at radius 1 is 1.50 bits per heavy atom. The largest absolute Gasteiger partial charge is 0.326 e. The van der Waals surface area contributed by atoms with Crippen molar-refractivity contribution in [1.82, 2.24) is 9.80 Å². The number of allylic oxidation sites excluding steroid dienone is 1. The van der Waals surface area contributed by atoms with E-state index in [4.69, 9.17) is 11.6 Å². The summed E-state index contributed by atoms with van der Waals surface area (Å²) < 4.78 is 0. The van der Waals surface area contributed by atoms with Crippen molar-refractivity contribution in [2.24, 2.45) is 0 Å². The number of halogens is 1. The number of urea groups is 1. The Bertz CT molecular complexity index is 193. The molecule has 0 saturated carbocycles. The first kappa shape index (κ1) is 9.39. The first-order valence-corrected chi connectivity index (χ1v) is 4.50. The van der Waals surface area contributed by atoms with Crippen molar-refractivity contribution in [3.8, 4) is 0 Å². The van der Waals surface area contributed by atoms with Gasteiger partial charge in [-0.2, -0.15) is 0 Å². The minimum absolute atomic E-state index is 0.106. The maximum atomic E-state index is 11.3. The topological polar surface area (TPSA) is 23.6 Å². The molecule has 1 heterocycles. The summed E-state index contributed by atoms with van der Waals surface area (Å²) in [6, 6.07) is 0.106. The zero-order chi connectivity index (χ0) is 8.97. The number of hydrogen-bond acceptors (Lipinski definition) is 1. The summed E-state index contributed by atoms with van der Waals surface area (Å²) in [5.41, 5.74) is 0. The monoisotopic (exact) mass is 188 g/mol. The average Bonchev–Trinajstić information content (AvgIpc) is 2.36. The van der Waals surface area contributed by atoms with Crippen molar-refractivity contribution in [3.05, 3.63) is 12.2 Å². The maximum Gasteiger partial charge on any atom is 0.320 e. The molecule has 68 valence electrons. The Kier molecular flexibility index (Phi) is 3.41. The quantitative estimate of drug-likeness (QED) is 0.482. The van der Waals surface area contributed by atoms with Crippen molar-refractivity contribution in [3.63, 3.8) is 0 Å². The molecule has 1 aliphatic rings. The van der Waals surface area contributed by atoms with Gasteiger partial charge >= 0.3 is 6.03 Å². The van der Waals surface area contributed by atoms with E-state index in [0.29, 0.717) is 12.4 Å². The average molecular weight is 189 g/mol. The van der Waals surface area contributed by atoms with E-state index < -0.39 is 0 Å². The molecule has 0 unspecified atom stereocenters. The number of carbonyl (C=O) groups excluding carboxylic acids is 1. The minimum Gasteiger partial charge on any atom is -0.326 e. The third-order valence-corrected chi connectivity index (χ3v) is 2.06. The van der Waals surface area contributed by atoms with Crippen LogP contribution in [-0.4, -0.2) is 48.4 Å². The standard InChI is InChI=1S/C8H13ClN2O/c1-10-6-7-11(8(10)12)5-3-2-4-9/h2-3H,4-7H2,1H3/b3-2-. The second-order valence-corrected chi connectivity index (χ2v) is 3.08. The Morgan fingerprint density at radius 3 is 2.75 bits per heavy atom. The molecule has 0 aromatic heterocycles. The van der Waals surface area contributed by atoms with Gasteiger partial charge in [-0.25, -0.2) is 4.79 Å². The molecule has 4 heteroatoms. The molecule has 0 aromatic carbocycles. The molecule has 1 aliphatic heterocycles. The Balaban J connectivity index is 2.34. The lowest BCUT2D eigenvalue weighted by molar-refractivity contribution is 0.202. The molecular weight excluding hydrogens is 176 g/mol. The summed E-state index contributed by atoms with van der Waals surface area (Å²) in [5.74, 6) is 0.512. The van der Waals surface area contributed by atoms with Gasteiger partial charge in [0.25, 0.3) is 0 Å². The smallest absolute Gasteiger partial charge is 0.320 e. The predicted octanol–water partition coefficient (Wildman–Crippen LogP) is 1.15. The van der Waals surface area contributed by atoms with Gasteiger partial charge in [-0.3, -0.25) is 0 Å². The lowest BCUT2D eigenvalue weighted by Gasteiger charge is -2.12. The fourth-order valence-corrected chi connectivity index (χ4v) is 1.26. The summed E-state index contributed by atoms with van der Waals surface area (Å²) >= 11 is 5.45. The van der Waals surface area contributed by atoms with Crippen LogP contribution in [-0.2, 0) is 0 Å². The molecule has 1 fully saturated rings. The van der Waals surface area contributed by atoms with Crippen molar-refractivity contribution in [2.75, 3.05) is 32.6 Å². The van der Waals surface area contributed by atoms with Crippen LogP contribution in [0.2, 0.25) is 0 Å². The van der Waals surface area contributed by atoms with E-state index in [1.54, 1.807) is 9.80 Å². The summed E-state index contributed by atoms with van der Waals surface area (Å²) in [5, 5.41) is 0. The fraction of sp³-hybridized carbons (Fsp3) is 0.625. The highest BCUT2D eigenvalue weighted by Gasteiger charge is 2.23. The molecule has 3 nitrogen and oxygen atoms in total. The van der Waals surface area contributed by atoms with E-state index in [0.717, 1.165) is 13.1 Å². The van der Waals surface area contributed by atoms with Crippen molar-refractivity contribution < 1.29 is 4.79 Å². The molecule has 1 rings (SSSR count). The molecule has 0 radical (unpaired) electrons. The summed E-state index contributed by atoms with van der Waals surface area (Å²) in [6.45, 7) is 2.32. The van der Waals surface area contributed by atoms with Crippen LogP contribution >= 0.6 is 11.6 Å². The van der Waals surface area contributed by atoms with E-state index in [9.17, 15) is 4.79 Å². The van der Waals surface area contributed by atoms with Crippen molar-refractivity contribution >= 4 is 17.6 Å². The van der Waals surface area contributed by atoms with Crippen LogP contribution in [0.25, 0.3) is 0 Å². The maximum absolute atomic E-state index is 11.3. The highest BCUT2D eigenvalue weighted by atomic mass is 35.5. The number of carbonyl (C=O) groups is 1. The number of rotatable bonds is 3. The van der Waals surface area contributed by atoms with E-state index in [1.165, 1.54) is 0 Å². The van der Waals surface area contributed by atoms with Crippen LogP contribution in [0.1, 0.15) is 0 Å². The highest BCUT2D eigenvalue weighted by Crippen LogP contribution is 2.04. The zero-order valence-corrected chi connectivity index (χ0v) is 7.92. The van der Waals surface area contributed by atoms with E-state index in [2.05, 4.69) is 0 Å². The summed E-state index contributed by atoms with van der Waals surface area (Å²) in [7, 11) is 1.81. The highest BCUT2D eigenvalue weighted by molar-refractivity contribution is 6.18. The Hall–Kier alpha value is -0.700. The predicted molar refractivity (Wildman–Crippen MR) is 49.5 cm³/mol. The second-order valence-electron chi connectivity index (χ2n) is 2.78. The van der Waals surface area contributed by atoms with Gasteiger partial charge in [0.2, 0.25) is 0 Å². The third kappa shape index (κ3) is 2.14. The van der Waals surface area contributed by atoms with Gasteiger partial charge in [-0.05, 0) is 0 Å². The normalized spacial score (nSPS) is 18.3. The molecule has 0 bridgehead atoms. The molecule has 1 saturated heterocycles. The lowest BCUT2D eigenvalue weighted by atomic mass is 10.5. The molecular formula is C8H13ClN2O. The van der Waals surface area contributed by atoms with Gasteiger partial charge in [0, 0.05) is 32.6 Å². The van der Waals surface area contributed by atoms with Crippen LogP contribution < -0.4 is 0 Å². The number of amides is 2. The molecule has 0 atom stereocenters.